The maximum Gasteiger partial charge on any atom is 0.419 e. The molecule has 1 aromatic heterocycles. The van der Waals surface area contributed by atoms with Crippen LogP contribution in [0.1, 0.15) is 5.56 Å². The zero-order valence-corrected chi connectivity index (χ0v) is 14.8. The van der Waals surface area contributed by atoms with Crippen molar-refractivity contribution in [1.82, 2.24) is 4.98 Å². The van der Waals surface area contributed by atoms with Gasteiger partial charge in [0.05, 0.1) is 7.11 Å². The van der Waals surface area contributed by atoms with Gasteiger partial charge in [0, 0.05) is 47.5 Å². The van der Waals surface area contributed by atoms with Gasteiger partial charge in [0.15, 0.2) is 0 Å². The number of fused-ring (bicyclic) bond motifs is 1. The fourth-order valence-corrected chi connectivity index (χ4v) is 2.57. The van der Waals surface area contributed by atoms with Crippen LogP contribution in [0.25, 0.3) is 17.0 Å². The van der Waals surface area contributed by atoms with Gasteiger partial charge in [-0.25, -0.2) is 9.59 Å². The number of amides is 1. The number of aromatic amines is 1. The van der Waals surface area contributed by atoms with Gasteiger partial charge in [-0.2, -0.15) is 0 Å². The zero-order valence-electron chi connectivity index (χ0n) is 14.8. The molecule has 1 heterocycles. The van der Waals surface area contributed by atoms with Gasteiger partial charge in [0.2, 0.25) is 0 Å². The molecule has 0 spiro atoms. The van der Waals surface area contributed by atoms with Crippen LogP contribution in [0.3, 0.4) is 0 Å². The van der Waals surface area contributed by atoms with Crippen molar-refractivity contribution in [3.05, 3.63) is 60.3 Å². The molecule has 27 heavy (non-hydrogen) atoms. The Bertz CT molecular complexity index is 1000. The number of carboxylic acid groups (broad SMARTS) is 1. The molecule has 2 aromatic carbocycles. The third-order valence-corrected chi connectivity index (χ3v) is 4.03. The van der Waals surface area contributed by atoms with Crippen molar-refractivity contribution in [3.63, 3.8) is 0 Å². The molecular formula is C20H18N2O5. The lowest BCUT2D eigenvalue weighted by Gasteiger charge is -2.17. The van der Waals surface area contributed by atoms with E-state index in [1.54, 1.807) is 62.8 Å². The molecular weight excluding hydrogens is 348 g/mol. The number of aromatic nitrogens is 1. The van der Waals surface area contributed by atoms with Gasteiger partial charge in [-0.05, 0) is 42.5 Å². The van der Waals surface area contributed by atoms with E-state index in [1.807, 2.05) is 0 Å². The maximum absolute atomic E-state index is 12.4. The van der Waals surface area contributed by atoms with E-state index in [9.17, 15) is 9.59 Å². The topological polar surface area (TPSA) is 91.9 Å². The Morgan fingerprint density at radius 1 is 1.11 bits per heavy atom. The summed E-state index contributed by atoms with van der Waals surface area (Å²) in [5.41, 5.74) is 2.14. The predicted octanol–water partition coefficient (Wildman–Crippen LogP) is 3.91. The second-order valence-electron chi connectivity index (χ2n) is 5.75. The number of anilines is 1. The Hall–Kier alpha value is -3.74. The maximum atomic E-state index is 12.4. The predicted molar refractivity (Wildman–Crippen MR) is 102 cm³/mol. The van der Waals surface area contributed by atoms with Gasteiger partial charge < -0.3 is 19.6 Å². The summed E-state index contributed by atoms with van der Waals surface area (Å²) in [6.45, 7) is 0. The molecule has 7 heteroatoms. The number of H-pyrrole nitrogens is 1. The number of aliphatic carboxylic acids is 1. The van der Waals surface area contributed by atoms with Crippen LogP contribution in [0.15, 0.2) is 54.7 Å². The highest BCUT2D eigenvalue weighted by molar-refractivity contribution is 5.94. The van der Waals surface area contributed by atoms with E-state index in [0.29, 0.717) is 17.2 Å². The van der Waals surface area contributed by atoms with Gasteiger partial charge in [-0.3, -0.25) is 4.90 Å². The van der Waals surface area contributed by atoms with Gasteiger partial charge in [0.1, 0.15) is 11.5 Å². The molecule has 0 unspecified atom stereocenters. The van der Waals surface area contributed by atoms with Gasteiger partial charge in [-0.15, -0.1) is 0 Å². The Morgan fingerprint density at radius 3 is 2.48 bits per heavy atom. The first-order valence-electron chi connectivity index (χ1n) is 8.09. The first-order valence-corrected chi connectivity index (χ1v) is 8.09. The van der Waals surface area contributed by atoms with Gasteiger partial charge in [-0.1, -0.05) is 0 Å². The van der Waals surface area contributed by atoms with Gasteiger partial charge >= 0.3 is 12.1 Å². The number of carboxylic acids is 1. The minimum Gasteiger partial charge on any atom is -0.497 e. The zero-order chi connectivity index (χ0) is 19.4. The van der Waals surface area contributed by atoms with Crippen LogP contribution < -0.4 is 14.4 Å². The minimum absolute atomic E-state index is 0.378. The lowest BCUT2D eigenvalue weighted by molar-refractivity contribution is -0.131. The van der Waals surface area contributed by atoms with Crippen LogP contribution in [0.2, 0.25) is 0 Å². The Morgan fingerprint density at radius 2 is 1.81 bits per heavy atom. The van der Waals surface area contributed by atoms with Crippen LogP contribution in [-0.2, 0) is 4.79 Å². The molecule has 0 aliphatic rings. The number of rotatable bonds is 5. The molecule has 2 N–H and O–H groups in total. The standard InChI is InChI=1S/C20H18N2O5/c1-22(14-4-6-15(26-2)7-5-14)20(25)27-16-8-9-17-13(3-10-19(23)24)12-21-18(17)11-16/h3-12,21H,1-2H3,(H,23,24). The number of hydrogen-bond acceptors (Lipinski definition) is 4. The van der Waals surface area contributed by atoms with Crippen LogP contribution >= 0.6 is 0 Å². The monoisotopic (exact) mass is 366 g/mol. The molecule has 3 aromatic rings. The van der Waals surface area contributed by atoms with E-state index >= 15 is 0 Å². The summed E-state index contributed by atoms with van der Waals surface area (Å²) in [4.78, 5) is 27.5. The smallest absolute Gasteiger partial charge is 0.419 e. The number of methoxy groups -OCH3 is 1. The molecule has 1 amide bonds. The largest absolute Gasteiger partial charge is 0.497 e. The van der Waals surface area contributed by atoms with Crippen molar-refractivity contribution in [1.29, 1.82) is 0 Å². The number of carbonyl (C=O) groups excluding carboxylic acids is 1. The number of carbonyl (C=O) groups is 2. The van der Waals surface area contributed by atoms with Crippen LogP contribution in [0, 0.1) is 0 Å². The third-order valence-electron chi connectivity index (χ3n) is 4.03. The minimum atomic E-state index is -1.02. The summed E-state index contributed by atoms with van der Waals surface area (Å²) in [7, 11) is 3.19. The third kappa shape index (κ3) is 4.09. The highest BCUT2D eigenvalue weighted by Gasteiger charge is 2.14. The number of ether oxygens (including phenoxy) is 2. The van der Waals surface area contributed by atoms with Gasteiger partial charge in [0.25, 0.3) is 0 Å². The first kappa shape index (κ1) is 18.1. The highest BCUT2D eigenvalue weighted by Crippen LogP contribution is 2.25. The summed E-state index contributed by atoms with van der Waals surface area (Å²) >= 11 is 0. The van der Waals surface area contributed by atoms with E-state index in [1.165, 1.54) is 11.0 Å². The van der Waals surface area contributed by atoms with E-state index in [-0.39, 0.29) is 0 Å². The second kappa shape index (κ2) is 7.65. The van der Waals surface area contributed by atoms with Crippen LogP contribution in [-0.4, -0.2) is 36.3 Å². The highest BCUT2D eigenvalue weighted by atomic mass is 16.6. The molecule has 0 radical (unpaired) electrons. The van der Waals surface area contributed by atoms with E-state index < -0.39 is 12.1 Å². The molecule has 0 saturated heterocycles. The lowest BCUT2D eigenvalue weighted by atomic mass is 10.1. The van der Waals surface area contributed by atoms with Crippen molar-refractivity contribution < 1.29 is 24.2 Å². The molecule has 0 aliphatic heterocycles. The average Bonchev–Trinajstić information content (AvgIpc) is 3.08. The number of hydrogen-bond donors (Lipinski definition) is 2. The summed E-state index contributed by atoms with van der Waals surface area (Å²) in [6.07, 6.45) is 3.74. The number of nitrogens with zero attached hydrogens (tertiary/aromatic N) is 1. The fourth-order valence-electron chi connectivity index (χ4n) is 2.57. The Labute approximate surface area is 155 Å². The quantitative estimate of drug-likeness (QED) is 0.668. The summed E-state index contributed by atoms with van der Waals surface area (Å²) in [5.74, 6) is 0.0606. The molecule has 138 valence electrons. The number of benzene rings is 2. The molecule has 3 rings (SSSR count). The molecule has 0 aliphatic carbocycles. The fraction of sp³-hybridized carbons (Fsp3) is 0.100. The number of nitrogens with one attached hydrogen (secondary N) is 1. The normalized spacial score (nSPS) is 10.9. The lowest BCUT2D eigenvalue weighted by Crippen LogP contribution is -2.29. The van der Waals surface area contributed by atoms with Crippen molar-refractivity contribution in [2.45, 2.75) is 0 Å². The first-order chi connectivity index (χ1) is 13.0. The molecule has 0 saturated carbocycles. The molecule has 0 bridgehead atoms. The Kier molecular flexibility index (Phi) is 5.12. The Balaban J connectivity index is 1.75. The molecule has 0 atom stereocenters. The van der Waals surface area contributed by atoms with E-state index in [4.69, 9.17) is 14.6 Å². The van der Waals surface area contributed by atoms with Crippen molar-refractivity contribution in [2.24, 2.45) is 0 Å². The van der Waals surface area contributed by atoms with Crippen LogP contribution in [0.4, 0.5) is 10.5 Å². The van der Waals surface area contributed by atoms with Crippen molar-refractivity contribution >= 4 is 34.7 Å². The summed E-state index contributed by atoms with van der Waals surface area (Å²) < 4.78 is 10.5. The summed E-state index contributed by atoms with van der Waals surface area (Å²) in [5, 5.41) is 9.57. The average molecular weight is 366 g/mol. The van der Waals surface area contributed by atoms with Crippen molar-refractivity contribution in [3.8, 4) is 11.5 Å². The van der Waals surface area contributed by atoms with E-state index in [0.717, 1.165) is 22.5 Å². The SMILES string of the molecule is COc1ccc(N(C)C(=O)Oc2ccc3c(C=CC(=O)O)c[nH]c3c2)cc1. The summed E-state index contributed by atoms with van der Waals surface area (Å²) in [6, 6.07) is 12.2. The van der Waals surface area contributed by atoms with Crippen molar-refractivity contribution in [2.75, 3.05) is 19.1 Å². The second-order valence-corrected chi connectivity index (χ2v) is 5.75. The van der Waals surface area contributed by atoms with E-state index in [2.05, 4.69) is 4.98 Å². The molecule has 0 fully saturated rings. The molecule has 7 nitrogen and oxygen atoms in total. The van der Waals surface area contributed by atoms with Crippen LogP contribution in [0.5, 0.6) is 11.5 Å².